The zero-order chi connectivity index (χ0) is 21.9. The highest BCUT2D eigenvalue weighted by Gasteiger charge is 2.33. The molecule has 0 N–H and O–H groups in total. The first-order valence-electron chi connectivity index (χ1n) is 9.71. The van der Waals surface area contributed by atoms with Crippen LogP contribution in [0.3, 0.4) is 0 Å². The van der Waals surface area contributed by atoms with Gasteiger partial charge in [-0.25, -0.2) is 8.42 Å². The van der Waals surface area contributed by atoms with E-state index in [0.717, 1.165) is 11.1 Å². The van der Waals surface area contributed by atoms with E-state index in [1.54, 1.807) is 6.07 Å². The Kier molecular flexibility index (Phi) is 6.95. The molecule has 6 nitrogen and oxygen atoms in total. The van der Waals surface area contributed by atoms with E-state index in [1.807, 2.05) is 26.0 Å². The van der Waals surface area contributed by atoms with E-state index < -0.39 is 21.9 Å². The maximum absolute atomic E-state index is 12.7. The number of ether oxygens (including phenoxy) is 1. The lowest BCUT2D eigenvalue weighted by molar-refractivity contribution is -0.148. The van der Waals surface area contributed by atoms with Gasteiger partial charge in [0, 0.05) is 23.7 Å². The van der Waals surface area contributed by atoms with Gasteiger partial charge in [-0.1, -0.05) is 29.3 Å². The highest BCUT2D eigenvalue weighted by Crippen LogP contribution is 2.25. The van der Waals surface area contributed by atoms with Crippen molar-refractivity contribution in [2.24, 2.45) is 5.92 Å². The number of carbonyl (C=O) groups excluding carboxylic acids is 2. The zero-order valence-electron chi connectivity index (χ0n) is 16.9. The molecule has 1 saturated heterocycles. The molecule has 0 aliphatic carbocycles. The lowest BCUT2D eigenvalue weighted by Crippen LogP contribution is -2.40. The molecule has 160 valence electrons. The van der Waals surface area contributed by atoms with Crippen LogP contribution in [0.2, 0.25) is 5.02 Å². The number of aryl methyl sites for hydroxylation is 2. The average Bonchev–Trinajstić information content (AvgIpc) is 2.74. The van der Waals surface area contributed by atoms with Crippen LogP contribution in [0.25, 0.3) is 0 Å². The molecule has 1 heterocycles. The summed E-state index contributed by atoms with van der Waals surface area (Å²) in [4.78, 5) is 25.0. The highest BCUT2D eigenvalue weighted by atomic mass is 35.5. The summed E-state index contributed by atoms with van der Waals surface area (Å²) in [5, 5.41) is 0.464. The van der Waals surface area contributed by atoms with E-state index in [2.05, 4.69) is 0 Å². The molecular weight excluding hydrogens is 426 g/mol. The third-order valence-corrected chi connectivity index (χ3v) is 7.44. The summed E-state index contributed by atoms with van der Waals surface area (Å²) in [5.41, 5.74) is 2.35. The molecular formula is C22H24ClNO5S. The van der Waals surface area contributed by atoms with Gasteiger partial charge < -0.3 is 4.74 Å². The standard InChI is InChI=1S/C22H24ClNO5S/c1-15-3-4-16(2)20(13-15)21(25)14-29-22(26)17-9-11-24(12-10-17)30(27,28)19-7-5-18(23)6-8-19/h3-8,13,17H,9-12,14H2,1-2H3. The van der Waals surface area contributed by atoms with Crippen molar-refractivity contribution in [3.05, 3.63) is 64.2 Å². The summed E-state index contributed by atoms with van der Waals surface area (Å²) in [7, 11) is -3.63. The summed E-state index contributed by atoms with van der Waals surface area (Å²) < 4.78 is 32.1. The van der Waals surface area contributed by atoms with Crippen molar-refractivity contribution in [3.63, 3.8) is 0 Å². The van der Waals surface area contributed by atoms with Gasteiger partial charge in [0.05, 0.1) is 10.8 Å². The van der Waals surface area contributed by atoms with Gasteiger partial charge in [0.25, 0.3) is 0 Å². The van der Waals surface area contributed by atoms with E-state index in [0.29, 0.717) is 23.4 Å². The average molecular weight is 450 g/mol. The molecule has 0 saturated carbocycles. The zero-order valence-corrected chi connectivity index (χ0v) is 18.5. The summed E-state index contributed by atoms with van der Waals surface area (Å²) in [6.07, 6.45) is 0.701. The summed E-state index contributed by atoms with van der Waals surface area (Å²) >= 11 is 5.83. The molecule has 30 heavy (non-hydrogen) atoms. The minimum absolute atomic E-state index is 0.173. The van der Waals surface area contributed by atoms with Gasteiger partial charge >= 0.3 is 5.97 Å². The molecule has 1 fully saturated rings. The highest BCUT2D eigenvalue weighted by molar-refractivity contribution is 7.89. The topological polar surface area (TPSA) is 80.8 Å². The van der Waals surface area contributed by atoms with E-state index in [4.69, 9.17) is 16.3 Å². The number of piperidine rings is 1. The quantitative estimate of drug-likeness (QED) is 0.495. The fraction of sp³-hybridized carbons (Fsp3) is 0.364. The molecule has 0 radical (unpaired) electrons. The van der Waals surface area contributed by atoms with Gasteiger partial charge in [-0.2, -0.15) is 4.31 Å². The third-order valence-electron chi connectivity index (χ3n) is 5.28. The van der Waals surface area contributed by atoms with Gasteiger partial charge in [0.1, 0.15) is 0 Å². The monoisotopic (exact) mass is 449 g/mol. The number of hydrogen-bond donors (Lipinski definition) is 0. The Morgan fingerprint density at radius 2 is 1.70 bits per heavy atom. The van der Waals surface area contributed by atoms with Crippen LogP contribution in [0.15, 0.2) is 47.4 Å². The minimum atomic E-state index is -3.63. The molecule has 1 aliphatic heterocycles. The molecule has 0 unspecified atom stereocenters. The summed E-state index contributed by atoms with van der Waals surface area (Å²) in [6, 6.07) is 11.6. The number of benzene rings is 2. The Bertz CT molecular complexity index is 1040. The van der Waals surface area contributed by atoms with Gasteiger partial charge in [-0.3, -0.25) is 9.59 Å². The van der Waals surface area contributed by atoms with Gasteiger partial charge in [-0.05, 0) is 62.6 Å². The van der Waals surface area contributed by atoms with Crippen molar-refractivity contribution in [2.45, 2.75) is 31.6 Å². The first-order chi connectivity index (χ1) is 14.2. The van der Waals surface area contributed by atoms with E-state index in [1.165, 1.54) is 28.6 Å². The molecule has 0 bridgehead atoms. The maximum Gasteiger partial charge on any atom is 0.309 e. The van der Waals surface area contributed by atoms with E-state index in [9.17, 15) is 18.0 Å². The van der Waals surface area contributed by atoms with Crippen LogP contribution in [0.1, 0.15) is 34.3 Å². The number of hydrogen-bond acceptors (Lipinski definition) is 5. The predicted molar refractivity (Wildman–Crippen MR) is 114 cm³/mol. The largest absolute Gasteiger partial charge is 0.457 e. The number of halogens is 1. The Morgan fingerprint density at radius 1 is 1.07 bits per heavy atom. The van der Waals surface area contributed by atoms with Crippen LogP contribution in [-0.4, -0.2) is 44.2 Å². The van der Waals surface area contributed by atoms with Crippen molar-refractivity contribution in [3.8, 4) is 0 Å². The van der Waals surface area contributed by atoms with Crippen LogP contribution in [0.5, 0.6) is 0 Å². The summed E-state index contributed by atoms with van der Waals surface area (Å²) in [6.45, 7) is 3.86. The predicted octanol–water partition coefficient (Wildman–Crippen LogP) is 3.78. The van der Waals surface area contributed by atoms with Crippen molar-refractivity contribution >= 4 is 33.4 Å². The van der Waals surface area contributed by atoms with E-state index >= 15 is 0 Å². The fourth-order valence-electron chi connectivity index (χ4n) is 3.46. The minimum Gasteiger partial charge on any atom is -0.457 e. The Hall–Kier alpha value is -2.22. The van der Waals surface area contributed by atoms with Crippen LogP contribution >= 0.6 is 11.6 Å². The van der Waals surface area contributed by atoms with Crippen LogP contribution in [0, 0.1) is 19.8 Å². The number of esters is 1. The fourth-order valence-corrected chi connectivity index (χ4v) is 5.05. The smallest absolute Gasteiger partial charge is 0.309 e. The van der Waals surface area contributed by atoms with Crippen LogP contribution < -0.4 is 0 Å². The first-order valence-corrected chi connectivity index (χ1v) is 11.5. The Balaban J connectivity index is 1.54. The van der Waals surface area contributed by atoms with Crippen LogP contribution in [-0.2, 0) is 19.6 Å². The molecule has 0 atom stereocenters. The number of Topliss-reactive ketones (excluding diaryl/α,β-unsaturated/α-hetero) is 1. The van der Waals surface area contributed by atoms with Crippen molar-refractivity contribution in [1.82, 2.24) is 4.31 Å². The lowest BCUT2D eigenvalue weighted by atomic mass is 9.98. The Labute approximate surface area is 181 Å². The lowest BCUT2D eigenvalue weighted by Gasteiger charge is -2.30. The van der Waals surface area contributed by atoms with Crippen molar-refractivity contribution in [1.29, 1.82) is 0 Å². The molecule has 2 aromatic carbocycles. The van der Waals surface area contributed by atoms with Crippen molar-refractivity contribution < 1.29 is 22.7 Å². The van der Waals surface area contributed by atoms with Gasteiger partial charge in [-0.15, -0.1) is 0 Å². The van der Waals surface area contributed by atoms with Crippen LogP contribution in [0.4, 0.5) is 0 Å². The maximum atomic E-state index is 12.7. The first kappa shape index (κ1) is 22.5. The second-order valence-corrected chi connectivity index (χ2v) is 9.86. The number of sulfonamides is 1. The molecule has 0 aromatic heterocycles. The molecule has 0 amide bonds. The molecule has 2 aromatic rings. The molecule has 3 rings (SSSR count). The number of rotatable bonds is 6. The molecule has 1 aliphatic rings. The number of carbonyl (C=O) groups is 2. The Morgan fingerprint density at radius 3 is 2.33 bits per heavy atom. The van der Waals surface area contributed by atoms with Crippen molar-refractivity contribution in [2.75, 3.05) is 19.7 Å². The third kappa shape index (κ3) is 5.09. The van der Waals surface area contributed by atoms with Gasteiger partial charge in [0.2, 0.25) is 15.8 Å². The summed E-state index contributed by atoms with van der Waals surface area (Å²) in [5.74, 6) is -1.13. The normalized spacial score (nSPS) is 15.7. The number of nitrogens with zero attached hydrogens (tertiary/aromatic N) is 1. The van der Waals surface area contributed by atoms with E-state index in [-0.39, 0.29) is 30.4 Å². The molecule has 8 heteroatoms. The number of ketones is 1. The second kappa shape index (κ2) is 9.29. The molecule has 0 spiro atoms. The van der Waals surface area contributed by atoms with Gasteiger partial charge in [0.15, 0.2) is 6.61 Å². The SMILES string of the molecule is Cc1ccc(C)c(C(=O)COC(=O)C2CCN(S(=O)(=O)c3ccc(Cl)cc3)CC2)c1. The second-order valence-electron chi connectivity index (χ2n) is 7.48.